The van der Waals surface area contributed by atoms with Crippen LogP contribution in [0.25, 0.3) is 0 Å². The lowest BCUT2D eigenvalue weighted by Gasteiger charge is -2.32. The maximum Gasteiger partial charge on any atom is 0.314 e. The van der Waals surface area contributed by atoms with Crippen molar-refractivity contribution in [2.24, 2.45) is 5.73 Å². The number of nitrogens with zero attached hydrogens (tertiary/aromatic N) is 2. The Morgan fingerprint density at radius 1 is 1.33 bits per heavy atom. The summed E-state index contributed by atoms with van der Waals surface area (Å²) in [6, 6.07) is -0.374. The number of carbonyl (C=O) groups is 2. The summed E-state index contributed by atoms with van der Waals surface area (Å²) < 4.78 is 0. The second-order valence-corrected chi connectivity index (χ2v) is 2.79. The van der Waals surface area contributed by atoms with Gasteiger partial charge in [0.1, 0.15) is 6.29 Å². The molecule has 5 heteroatoms. The Morgan fingerprint density at radius 3 is 2.33 bits per heavy atom. The van der Waals surface area contributed by atoms with E-state index in [-0.39, 0.29) is 6.03 Å². The molecule has 1 heterocycles. The molecule has 0 atom stereocenters. The highest BCUT2D eigenvalue weighted by Crippen LogP contribution is 1.99. The van der Waals surface area contributed by atoms with Crippen molar-refractivity contribution >= 4 is 12.3 Å². The zero-order chi connectivity index (χ0) is 8.97. The van der Waals surface area contributed by atoms with E-state index in [4.69, 9.17) is 5.73 Å². The van der Waals surface area contributed by atoms with Crippen molar-refractivity contribution in [1.82, 2.24) is 9.80 Å². The number of urea groups is 1. The van der Waals surface area contributed by atoms with Crippen LogP contribution in [0.15, 0.2) is 0 Å². The van der Waals surface area contributed by atoms with Crippen molar-refractivity contribution < 1.29 is 9.59 Å². The number of nitrogens with two attached hydrogens (primary N) is 1. The van der Waals surface area contributed by atoms with Gasteiger partial charge in [0.15, 0.2) is 0 Å². The maximum atomic E-state index is 10.7. The smallest absolute Gasteiger partial charge is 0.314 e. The number of hydrogen-bond donors (Lipinski definition) is 1. The van der Waals surface area contributed by atoms with Crippen LogP contribution in [0.2, 0.25) is 0 Å². The van der Waals surface area contributed by atoms with Gasteiger partial charge in [0.2, 0.25) is 0 Å². The largest absolute Gasteiger partial charge is 0.351 e. The molecule has 12 heavy (non-hydrogen) atoms. The Balaban J connectivity index is 2.29. The molecule has 1 aliphatic rings. The summed E-state index contributed by atoms with van der Waals surface area (Å²) in [5.41, 5.74) is 5.09. The maximum absolute atomic E-state index is 10.7. The molecule has 2 N–H and O–H groups in total. The Morgan fingerprint density at radius 2 is 1.92 bits per heavy atom. The summed E-state index contributed by atoms with van der Waals surface area (Å²) in [5, 5.41) is 0. The van der Waals surface area contributed by atoms with Crippen LogP contribution < -0.4 is 5.73 Å². The predicted octanol–water partition coefficient (Wildman–Crippen LogP) is -1.12. The number of rotatable bonds is 2. The van der Waals surface area contributed by atoms with E-state index in [0.717, 1.165) is 19.4 Å². The molecule has 0 bridgehead atoms. The standard InChI is InChI=1S/C7H13N3O2/c8-7(12)10-3-1-9(2-4-10)5-6-11/h6H,1-5H2,(H2,8,12). The number of hydrogen-bond acceptors (Lipinski definition) is 3. The first-order valence-electron chi connectivity index (χ1n) is 3.94. The minimum absolute atomic E-state index is 0.374. The summed E-state index contributed by atoms with van der Waals surface area (Å²) in [6.07, 6.45) is 0.875. The first-order valence-corrected chi connectivity index (χ1v) is 3.94. The van der Waals surface area contributed by atoms with Crippen LogP contribution in [0.1, 0.15) is 0 Å². The van der Waals surface area contributed by atoms with Gasteiger partial charge in [-0.2, -0.15) is 0 Å². The van der Waals surface area contributed by atoms with Gasteiger partial charge in [-0.1, -0.05) is 0 Å². The Kier molecular flexibility index (Phi) is 3.04. The van der Waals surface area contributed by atoms with Gasteiger partial charge in [0.25, 0.3) is 0 Å². The Labute approximate surface area is 71.1 Å². The fourth-order valence-corrected chi connectivity index (χ4v) is 1.26. The van der Waals surface area contributed by atoms with Crippen LogP contribution in [0.3, 0.4) is 0 Å². The van der Waals surface area contributed by atoms with E-state index < -0.39 is 0 Å². The van der Waals surface area contributed by atoms with Crippen LogP contribution in [0, 0.1) is 0 Å². The molecule has 1 aliphatic heterocycles. The number of primary amides is 1. The number of amides is 2. The zero-order valence-electron chi connectivity index (χ0n) is 6.90. The van der Waals surface area contributed by atoms with Crippen molar-refractivity contribution in [3.05, 3.63) is 0 Å². The van der Waals surface area contributed by atoms with Gasteiger partial charge in [-0.15, -0.1) is 0 Å². The predicted molar refractivity (Wildman–Crippen MR) is 43.7 cm³/mol. The fraction of sp³-hybridized carbons (Fsp3) is 0.714. The molecule has 0 aromatic carbocycles. The molecule has 0 unspecified atom stereocenters. The lowest BCUT2D eigenvalue weighted by molar-refractivity contribution is -0.109. The topological polar surface area (TPSA) is 66.6 Å². The van der Waals surface area contributed by atoms with E-state index in [2.05, 4.69) is 0 Å². The summed E-state index contributed by atoms with van der Waals surface area (Å²) in [4.78, 5) is 24.4. The highest BCUT2D eigenvalue weighted by Gasteiger charge is 2.17. The minimum atomic E-state index is -0.374. The number of carbonyl (C=O) groups excluding carboxylic acids is 2. The van der Waals surface area contributed by atoms with E-state index >= 15 is 0 Å². The van der Waals surface area contributed by atoms with Crippen LogP contribution in [-0.2, 0) is 4.79 Å². The van der Waals surface area contributed by atoms with Gasteiger partial charge in [-0.05, 0) is 0 Å². The number of piperazine rings is 1. The van der Waals surface area contributed by atoms with E-state index in [1.807, 2.05) is 4.90 Å². The minimum Gasteiger partial charge on any atom is -0.351 e. The second kappa shape index (κ2) is 4.06. The Bertz CT molecular complexity index is 175. The molecule has 68 valence electrons. The first kappa shape index (κ1) is 8.99. The van der Waals surface area contributed by atoms with E-state index in [1.54, 1.807) is 4.90 Å². The highest BCUT2D eigenvalue weighted by molar-refractivity contribution is 5.72. The fourth-order valence-electron chi connectivity index (χ4n) is 1.26. The van der Waals surface area contributed by atoms with Crippen molar-refractivity contribution in [2.75, 3.05) is 32.7 Å². The molecule has 5 nitrogen and oxygen atoms in total. The third-order valence-electron chi connectivity index (χ3n) is 2.02. The molecular formula is C7H13N3O2. The quantitative estimate of drug-likeness (QED) is 0.535. The average molecular weight is 171 g/mol. The molecule has 0 spiro atoms. The second-order valence-electron chi connectivity index (χ2n) is 2.79. The first-order chi connectivity index (χ1) is 5.74. The van der Waals surface area contributed by atoms with E-state index in [9.17, 15) is 9.59 Å². The van der Waals surface area contributed by atoms with Crippen molar-refractivity contribution in [2.45, 2.75) is 0 Å². The van der Waals surface area contributed by atoms with Gasteiger partial charge >= 0.3 is 6.03 Å². The summed E-state index contributed by atoms with van der Waals surface area (Å²) in [7, 11) is 0. The third-order valence-corrected chi connectivity index (χ3v) is 2.02. The third kappa shape index (κ3) is 2.20. The summed E-state index contributed by atoms with van der Waals surface area (Å²) >= 11 is 0. The molecular weight excluding hydrogens is 158 g/mol. The van der Waals surface area contributed by atoms with Crippen LogP contribution >= 0.6 is 0 Å². The average Bonchev–Trinajstić information content (AvgIpc) is 2.06. The van der Waals surface area contributed by atoms with Gasteiger partial charge in [-0.25, -0.2) is 4.79 Å². The zero-order valence-corrected chi connectivity index (χ0v) is 6.90. The lowest BCUT2D eigenvalue weighted by Crippen LogP contribution is -2.50. The molecule has 0 radical (unpaired) electrons. The summed E-state index contributed by atoms with van der Waals surface area (Å²) in [6.45, 7) is 3.18. The van der Waals surface area contributed by atoms with Gasteiger partial charge in [-0.3, -0.25) is 4.90 Å². The van der Waals surface area contributed by atoms with Crippen molar-refractivity contribution in [3.8, 4) is 0 Å². The molecule has 0 aromatic heterocycles. The van der Waals surface area contributed by atoms with Gasteiger partial charge in [0.05, 0.1) is 6.54 Å². The monoisotopic (exact) mass is 171 g/mol. The van der Waals surface area contributed by atoms with E-state index in [0.29, 0.717) is 19.6 Å². The SMILES string of the molecule is NC(=O)N1CCN(CC=O)CC1. The molecule has 0 aliphatic carbocycles. The number of aldehydes is 1. The van der Waals surface area contributed by atoms with Crippen LogP contribution in [0.5, 0.6) is 0 Å². The highest BCUT2D eigenvalue weighted by atomic mass is 16.2. The Hall–Kier alpha value is -1.10. The van der Waals surface area contributed by atoms with Gasteiger partial charge in [0, 0.05) is 26.2 Å². The van der Waals surface area contributed by atoms with Crippen molar-refractivity contribution in [3.63, 3.8) is 0 Å². The molecule has 1 fully saturated rings. The van der Waals surface area contributed by atoms with Gasteiger partial charge < -0.3 is 15.4 Å². The molecule has 0 aromatic rings. The molecule has 1 rings (SSSR count). The molecule has 1 saturated heterocycles. The van der Waals surface area contributed by atoms with Crippen LogP contribution in [-0.4, -0.2) is 54.8 Å². The normalized spacial score (nSPS) is 19.2. The molecule has 2 amide bonds. The van der Waals surface area contributed by atoms with Crippen LogP contribution in [0.4, 0.5) is 4.79 Å². The van der Waals surface area contributed by atoms with Crippen molar-refractivity contribution in [1.29, 1.82) is 0 Å². The molecule has 0 saturated carbocycles. The van der Waals surface area contributed by atoms with E-state index in [1.165, 1.54) is 0 Å². The lowest BCUT2D eigenvalue weighted by atomic mass is 10.3. The summed E-state index contributed by atoms with van der Waals surface area (Å²) in [5.74, 6) is 0.